The summed E-state index contributed by atoms with van der Waals surface area (Å²) in [5.41, 5.74) is 3.50. The van der Waals surface area contributed by atoms with Gasteiger partial charge >= 0.3 is 0 Å². The smallest absolute Gasteiger partial charge is 0.251 e. The van der Waals surface area contributed by atoms with E-state index in [9.17, 15) is 9.18 Å². The number of hydrogen-bond donors (Lipinski definition) is 2. The van der Waals surface area contributed by atoms with E-state index in [-0.39, 0.29) is 23.5 Å². The van der Waals surface area contributed by atoms with Crippen molar-refractivity contribution in [2.45, 2.75) is 31.6 Å². The number of rotatable bonds is 5. The molecule has 3 heterocycles. The van der Waals surface area contributed by atoms with Gasteiger partial charge in [0.05, 0.1) is 11.9 Å². The Hall–Kier alpha value is -4.14. The van der Waals surface area contributed by atoms with Gasteiger partial charge in [0.2, 0.25) is 0 Å². The number of nitrogens with one attached hydrogen (secondary N) is 2. The lowest BCUT2D eigenvalue weighted by Crippen LogP contribution is -2.33. The summed E-state index contributed by atoms with van der Waals surface area (Å²) in [6, 6.07) is 9.95. The first-order chi connectivity index (χ1) is 17.4. The fraction of sp³-hybridized carbons (Fsp3) is 0.259. The number of aryl methyl sites for hydroxylation is 1. The monoisotopic (exact) mass is 486 g/mol. The lowest BCUT2D eigenvalue weighted by molar-refractivity contribution is 0.0941. The molecule has 1 unspecified atom stereocenters. The normalized spacial score (nSPS) is 17.0. The molecule has 1 aliphatic carbocycles. The Bertz CT molecular complexity index is 1510. The molecule has 1 amide bonds. The van der Waals surface area contributed by atoms with Gasteiger partial charge in [0.1, 0.15) is 11.6 Å². The lowest BCUT2D eigenvalue weighted by atomic mass is 9.91. The van der Waals surface area contributed by atoms with Crippen molar-refractivity contribution in [3.63, 3.8) is 0 Å². The fourth-order valence-corrected chi connectivity index (χ4v) is 4.63. The molecule has 2 aromatic carbocycles. The Morgan fingerprint density at radius 1 is 1.06 bits per heavy atom. The van der Waals surface area contributed by atoms with Crippen molar-refractivity contribution in [3.8, 4) is 22.6 Å². The zero-order valence-corrected chi connectivity index (χ0v) is 19.8. The number of hydrogen-bond acceptors (Lipinski definition) is 5. The third-order valence-corrected chi connectivity index (χ3v) is 6.76. The SMILES string of the molecule is CC1CNC(=O)c2ccc(Nc3nc(-c4ccc(-c5cn(C)c(C6CC6)n5)c(F)c4)ncc3F)cc21. The molecule has 0 saturated heterocycles. The van der Waals surface area contributed by atoms with Crippen LogP contribution in [0.25, 0.3) is 22.6 Å². The van der Waals surface area contributed by atoms with Crippen molar-refractivity contribution in [1.82, 2.24) is 24.8 Å². The van der Waals surface area contributed by atoms with E-state index in [1.54, 1.807) is 24.3 Å². The van der Waals surface area contributed by atoms with Crippen molar-refractivity contribution >= 4 is 17.4 Å². The summed E-state index contributed by atoms with van der Waals surface area (Å²) in [6.45, 7) is 2.56. The molecule has 182 valence electrons. The standard InChI is InChI=1S/C27H24F2N6O/c1-14-11-31-27(36)18-8-6-17(10-20(14)18)32-25-22(29)12-30-24(34-25)16-5-7-19(21(28)9-16)23-13-35(2)26(33-23)15-3-4-15/h5-10,12-15H,3-4,11H2,1-2H3,(H,31,36)(H,30,32,34). The van der Waals surface area contributed by atoms with Gasteiger partial charge < -0.3 is 15.2 Å². The number of carbonyl (C=O) groups excluding carboxylic acids is 1. The first-order valence-corrected chi connectivity index (χ1v) is 11.9. The average molecular weight is 487 g/mol. The molecule has 1 aliphatic heterocycles. The highest BCUT2D eigenvalue weighted by Crippen LogP contribution is 2.40. The van der Waals surface area contributed by atoms with E-state index in [1.165, 1.54) is 6.07 Å². The van der Waals surface area contributed by atoms with Crippen LogP contribution in [0.2, 0.25) is 0 Å². The number of fused-ring (bicyclic) bond motifs is 1. The van der Waals surface area contributed by atoms with Gasteiger partial charge in [0.15, 0.2) is 17.5 Å². The van der Waals surface area contributed by atoms with Crippen LogP contribution in [0.1, 0.15) is 53.3 Å². The molecule has 1 saturated carbocycles. The van der Waals surface area contributed by atoms with Gasteiger partial charge in [-0.15, -0.1) is 0 Å². The van der Waals surface area contributed by atoms with Crippen molar-refractivity contribution in [3.05, 3.63) is 77.4 Å². The lowest BCUT2D eigenvalue weighted by Gasteiger charge is -2.23. The molecule has 4 aromatic rings. The van der Waals surface area contributed by atoms with Gasteiger partial charge in [0, 0.05) is 48.1 Å². The number of nitrogens with zero attached hydrogens (tertiary/aromatic N) is 4. The number of imidazole rings is 1. The minimum atomic E-state index is -0.638. The van der Waals surface area contributed by atoms with E-state index < -0.39 is 11.6 Å². The highest BCUT2D eigenvalue weighted by molar-refractivity contribution is 5.97. The summed E-state index contributed by atoms with van der Waals surface area (Å²) in [4.78, 5) is 25.1. The summed E-state index contributed by atoms with van der Waals surface area (Å²) in [5.74, 6) is 0.517. The Balaban J connectivity index is 1.28. The molecule has 1 fully saturated rings. The second kappa shape index (κ2) is 8.51. The molecule has 2 aromatic heterocycles. The Morgan fingerprint density at radius 3 is 2.64 bits per heavy atom. The van der Waals surface area contributed by atoms with E-state index in [0.717, 1.165) is 30.4 Å². The largest absolute Gasteiger partial charge is 0.351 e. The van der Waals surface area contributed by atoms with Crippen LogP contribution in [-0.4, -0.2) is 32.0 Å². The second-order valence-corrected chi connectivity index (χ2v) is 9.49. The molecular formula is C27H24F2N6O. The fourth-order valence-electron chi connectivity index (χ4n) is 4.63. The third-order valence-electron chi connectivity index (χ3n) is 6.76. The minimum Gasteiger partial charge on any atom is -0.351 e. The summed E-state index contributed by atoms with van der Waals surface area (Å²) < 4.78 is 31.6. The third kappa shape index (κ3) is 4.00. The van der Waals surface area contributed by atoms with Crippen molar-refractivity contribution in [2.24, 2.45) is 7.05 Å². The van der Waals surface area contributed by atoms with E-state index in [0.29, 0.717) is 40.5 Å². The number of anilines is 2. The number of carbonyl (C=O) groups is 1. The maximum absolute atomic E-state index is 15.1. The predicted molar refractivity (Wildman–Crippen MR) is 132 cm³/mol. The van der Waals surface area contributed by atoms with Gasteiger partial charge in [-0.25, -0.2) is 23.7 Å². The van der Waals surface area contributed by atoms with E-state index >= 15 is 4.39 Å². The Morgan fingerprint density at radius 2 is 1.86 bits per heavy atom. The topological polar surface area (TPSA) is 84.7 Å². The quantitative estimate of drug-likeness (QED) is 0.400. The van der Waals surface area contributed by atoms with E-state index in [4.69, 9.17) is 0 Å². The van der Waals surface area contributed by atoms with Crippen LogP contribution in [-0.2, 0) is 7.05 Å². The molecule has 2 aliphatic rings. The van der Waals surface area contributed by atoms with Crippen LogP contribution in [0.3, 0.4) is 0 Å². The van der Waals surface area contributed by atoms with Gasteiger partial charge in [-0.05, 0) is 54.7 Å². The number of aromatic nitrogens is 4. The summed E-state index contributed by atoms with van der Waals surface area (Å²) in [6.07, 6.45) is 5.13. The van der Waals surface area contributed by atoms with Gasteiger partial charge in [-0.1, -0.05) is 13.0 Å². The number of benzene rings is 2. The molecule has 1 atom stereocenters. The maximum atomic E-state index is 15.1. The first-order valence-electron chi connectivity index (χ1n) is 11.9. The van der Waals surface area contributed by atoms with Crippen molar-refractivity contribution in [1.29, 1.82) is 0 Å². The number of halogens is 2. The van der Waals surface area contributed by atoms with Crippen LogP contribution in [0, 0.1) is 11.6 Å². The van der Waals surface area contributed by atoms with E-state index in [2.05, 4.69) is 25.6 Å². The molecule has 0 radical (unpaired) electrons. The molecular weight excluding hydrogens is 462 g/mol. The maximum Gasteiger partial charge on any atom is 0.251 e. The summed E-state index contributed by atoms with van der Waals surface area (Å²) >= 11 is 0. The minimum absolute atomic E-state index is 0.0313. The second-order valence-electron chi connectivity index (χ2n) is 9.49. The summed E-state index contributed by atoms with van der Waals surface area (Å²) in [7, 11) is 1.93. The highest BCUT2D eigenvalue weighted by Gasteiger charge is 2.28. The van der Waals surface area contributed by atoms with E-state index in [1.807, 2.05) is 30.8 Å². The first kappa shape index (κ1) is 22.3. The molecule has 36 heavy (non-hydrogen) atoms. The van der Waals surface area contributed by atoms with Crippen LogP contribution in [0.4, 0.5) is 20.3 Å². The average Bonchev–Trinajstić information content (AvgIpc) is 3.64. The molecule has 2 N–H and O–H groups in total. The summed E-state index contributed by atoms with van der Waals surface area (Å²) in [5, 5.41) is 5.83. The van der Waals surface area contributed by atoms with Crippen molar-refractivity contribution in [2.75, 3.05) is 11.9 Å². The number of amides is 1. The highest BCUT2D eigenvalue weighted by atomic mass is 19.1. The zero-order chi connectivity index (χ0) is 25.0. The molecule has 0 spiro atoms. The van der Waals surface area contributed by atoms with Crippen LogP contribution in [0.15, 0.2) is 48.8 Å². The van der Waals surface area contributed by atoms with Crippen molar-refractivity contribution < 1.29 is 13.6 Å². The predicted octanol–water partition coefficient (Wildman–Crippen LogP) is 5.29. The van der Waals surface area contributed by atoms with Gasteiger partial charge in [-0.3, -0.25) is 4.79 Å². The molecule has 6 rings (SSSR count). The molecule has 0 bridgehead atoms. The van der Waals surface area contributed by atoms with Gasteiger partial charge in [-0.2, -0.15) is 0 Å². The Labute approximate surface area is 206 Å². The van der Waals surface area contributed by atoms with Gasteiger partial charge in [0.25, 0.3) is 5.91 Å². The molecule has 7 nitrogen and oxygen atoms in total. The Kier molecular flexibility index (Phi) is 5.28. The zero-order valence-electron chi connectivity index (χ0n) is 19.8. The molecule has 9 heteroatoms. The van der Waals surface area contributed by atoms with Crippen LogP contribution in [0.5, 0.6) is 0 Å². The van der Waals surface area contributed by atoms with Crippen LogP contribution >= 0.6 is 0 Å². The van der Waals surface area contributed by atoms with Crippen LogP contribution < -0.4 is 10.6 Å².